The average Bonchev–Trinajstić information content (AvgIpc) is 2.95. The summed E-state index contributed by atoms with van der Waals surface area (Å²) in [4.78, 5) is 41.2. The van der Waals surface area contributed by atoms with E-state index in [0.717, 1.165) is 41.9 Å². The van der Waals surface area contributed by atoms with E-state index in [1.807, 2.05) is 29.2 Å². The number of aryl methyl sites for hydroxylation is 1. The summed E-state index contributed by atoms with van der Waals surface area (Å²) in [6.07, 6.45) is 5.08. The zero-order valence-corrected chi connectivity index (χ0v) is 17.6. The maximum absolute atomic E-state index is 13.0. The number of imide groups is 1. The predicted octanol–water partition coefficient (Wildman–Crippen LogP) is 2.73. The molecule has 1 N–H and O–H groups in total. The highest BCUT2D eigenvalue weighted by atomic mass is 16.5. The Morgan fingerprint density at radius 2 is 1.97 bits per heavy atom. The predicted molar refractivity (Wildman–Crippen MR) is 110 cm³/mol. The molecule has 7 nitrogen and oxygen atoms in total. The van der Waals surface area contributed by atoms with E-state index in [-0.39, 0.29) is 24.4 Å². The maximum Gasteiger partial charge on any atom is 0.325 e. The third kappa shape index (κ3) is 4.54. The third-order valence-electron chi connectivity index (χ3n) is 6.13. The number of hydrogen-bond donors (Lipinski definition) is 1. The van der Waals surface area contributed by atoms with Crippen LogP contribution < -0.4 is 10.1 Å². The zero-order valence-electron chi connectivity index (χ0n) is 17.6. The van der Waals surface area contributed by atoms with Gasteiger partial charge in [-0.15, -0.1) is 0 Å². The number of carbonyl (C=O) groups excluding carboxylic acids is 3. The second-order valence-electron chi connectivity index (χ2n) is 8.15. The highest BCUT2D eigenvalue weighted by Gasteiger charge is 2.48. The molecule has 2 fully saturated rings. The number of methoxy groups -OCH3 is 1. The number of likely N-dealkylation sites (tertiary alicyclic amines) is 1. The van der Waals surface area contributed by atoms with Crippen LogP contribution in [0.5, 0.6) is 5.75 Å². The Hall–Kier alpha value is -2.57. The summed E-state index contributed by atoms with van der Waals surface area (Å²) in [5.41, 5.74) is 0.0614. The molecular weight excluding hydrogens is 370 g/mol. The van der Waals surface area contributed by atoms with E-state index in [0.29, 0.717) is 19.4 Å². The minimum Gasteiger partial charge on any atom is -0.497 e. The van der Waals surface area contributed by atoms with Crippen LogP contribution >= 0.6 is 0 Å². The Morgan fingerprint density at radius 3 is 2.62 bits per heavy atom. The fourth-order valence-electron chi connectivity index (χ4n) is 4.23. The van der Waals surface area contributed by atoms with E-state index in [4.69, 9.17) is 4.74 Å². The number of carbonyl (C=O) groups is 3. The second kappa shape index (κ2) is 8.84. The standard InChI is InChI=1S/C22H31N3O4/c1-4-17-7-5-6-14-24(17)19(26)15-25-20(27)22(2,23-21(25)28)13-12-16-8-10-18(29-3)11-9-16/h8-11,17H,4-7,12-15H2,1-3H3,(H,23,28)/t17-,22+/m1/s1. The largest absolute Gasteiger partial charge is 0.497 e. The van der Waals surface area contributed by atoms with Crippen LogP contribution in [0.1, 0.15) is 51.5 Å². The summed E-state index contributed by atoms with van der Waals surface area (Å²) in [6, 6.07) is 7.38. The Labute approximate surface area is 172 Å². The number of nitrogens with zero attached hydrogens (tertiary/aromatic N) is 2. The molecule has 158 valence electrons. The lowest BCUT2D eigenvalue weighted by molar-refractivity contribution is -0.141. The minimum absolute atomic E-state index is 0.139. The second-order valence-corrected chi connectivity index (χ2v) is 8.15. The summed E-state index contributed by atoms with van der Waals surface area (Å²) < 4.78 is 5.16. The van der Waals surface area contributed by atoms with Gasteiger partial charge in [-0.2, -0.15) is 0 Å². The Balaban J connectivity index is 1.62. The number of benzene rings is 1. The molecule has 2 heterocycles. The topological polar surface area (TPSA) is 79.0 Å². The van der Waals surface area contributed by atoms with Crippen molar-refractivity contribution in [2.75, 3.05) is 20.2 Å². The van der Waals surface area contributed by atoms with E-state index >= 15 is 0 Å². The van der Waals surface area contributed by atoms with Crippen LogP contribution in [0.25, 0.3) is 0 Å². The SMILES string of the molecule is CC[C@@H]1CCCCN1C(=O)CN1C(=O)N[C@@](C)(CCc2ccc(OC)cc2)C1=O. The Morgan fingerprint density at radius 1 is 1.24 bits per heavy atom. The number of rotatable bonds is 7. The molecule has 0 aliphatic carbocycles. The van der Waals surface area contributed by atoms with Gasteiger partial charge in [0.05, 0.1) is 7.11 Å². The molecule has 29 heavy (non-hydrogen) atoms. The van der Waals surface area contributed by atoms with Crippen LogP contribution in [-0.2, 0) is 16.0 Å². The van der Waals surface area contributed by atoms with E-state index in [9.17, 15) is 14.4 Å². The lowest BCUT2D eigenvalue weighted by Crippen LogP contribution is -2.49. The molecule has 3 rings (SSSR count). The molecule has 0 aromatic heterocycles. The van der Waals surface area contributed by atoms with Crippen LogP contribution in [0.3, 0.4) is 0 Å². The van der Waals surface area contributed by atoms with Gasteiger partial charge in [0.25, 0.3) is 5.91 Å². The van der Waals surface area contributed by atoms with Gasteiger partial charge in [-0.05, 0) is 63.1 Å². The number of urea groups is 1. The summed E-state index contributed by atoms with van der Waals surface area (Å²) in [5.74, 6) is 0.312. The van der Waals surface area contributed by atoms with E-state index in [1.54, 1.807) is 14.0 Å². The first kappa shape index (κ1) is 21.1. The van der Waals surface area contributed by atoms with Gasteiger partial charge in [-0.25, -0.2) is 4.79 Å². The zero-order chi connectivity index (χ0) is 21.0. The normalized spacial score (nSPS) is 24.6. The first-order valence-corrected chi connectivity index (χ1v) is 10.4. The molecular formula is C22H31N3O4. The molecule has 2 aliphatic rings. The molecule has 1 aromatic carbocycles. The molecule has 1 aromatic rings. The fraction of sp³-hybridized carbons (Fsp3) is 0.591. The van der Waals surface area contributed by atoms with Crippen molar-refractivity contribution >= 4 is 17.8 Å². The lowest BCUT2D eigenvalue weighted by Gasteiger charge is -2.36. The van der Waals surface area contributed by atoms with Crippen LogP contribution in [0.2, 0.25) is 0 Å². The minimum atomic E-state index is -0.997. The highest BCUT2D eigenvalue weighted by molar-refractivity contribution is 6.08. The summed E-state index contributed by atoms with van der Waals surface area (Å²) in [6.45, 7) is 4.33. The van der Waals surface area contributed by atoms with Crippen LogP contribution in [-0.4, -0.2) is 59.4 Å². The van der Waals surface area contributed by atoms with Gasteiger partial charge >= 0.3 is 6.03 Å². The van der Waals surface area contributed by atoms with Gasteiger partial charge in [0.2, 0.25) is 5.91 Å². The van der Waals surface area contributed by atoms with Crippen LogP contribution in [0.4, 0.5) is 4.79 Å². The number of piperidine rings is 1. The van der Waals surface area contributed by atoms with Gasteiger partial charge < -0.3 is 15.0 Å². The number of ether oxygens (including phenoxy) is 1. The molecule has 0 bridgehead atoms. The van der Waals surface area contributed by atoms with Crippen LogP contribution in [0.15, 0.2) is 24.3 Å². The smallest absolute Gasteiger partial charge is 0.325 e. The van der Waals surface area contributed by atoms with Crippen molar-refractivity contribution in [3.63, 3.8) is 0 Å². The van der Waals surface area contributed by atoms with Crippen LogP contribution in [0, 0.1) is 0 Å². The van der Waals surface area contributed by atoms with Crippen molar-refractivity contribution in [2.45, 2.75) is 64.0 Å². The highest BCUT2D eigenvalue weighted by Crippen LogP contribution is 2.25. The molecule has 2 saturated heterocycles. The average molecular weight is 402 g/mol. The summed E-state index contributed by atoms with van der Waals surface area (Å²) >= 11 is 0. The molecule has 4 amide bonds. The van der Waals surface area contributed by atoms with Crippen molar-refractivity contribution in [3.05, 3.63) is 29.8 Å². The molecule has 2 aliphatic heterocycles. The molecule has 0 spiro atoms. The van der Waals surface area contributed by atoms with Gasteiger partial charge in [-0.1, -0.05) is 19.1 Å². The first-order chi connectivity index (χ1) is 13.9. The van der Waals surface area contributed by atoms with Gasteiger partial charge in [0.15, 0.2) is 0 Å². The number of amides is 4. The quantitative estimate of drug-likeness (QED) is 0.713. The molecule has 0 radical (unpaired) electrons. The van der Waals surface area contributed by atoms with E-state index < -0.39 is 11.6 Å². The Kier molecular flexibility index (Phi) is 6.45. The molecule has 0 unspecified atom stereocenters. The van der Waals surface area contributed by atoms with Crippen molar-refractivity contribution < 1.29 is 19.1 Å². The molecule has 7 heteroatoms. The molecule has 0 saturated carbocycles. The van der Waals surface area contributed by atoms with Gasteiger partial charge in [-0.3, -0.25) is 14.5 Å². The Bertz CT molecular complexity index is 764. The number of nitrogens with one attached hydrogen (secondary N) is 1. The van der Waals surface area contributed by atoms with Crippen molar-refractivity contribution in [1.82, 2.24) is 15.1 Å². The van der Waals surface area contributed by atoms with Crippen molar-refractivity contribution in [3.8, 4) is 5.75 Å². The first-order valence-electron chi connectivity index (χ1n) is 10.4. The maximum atomic E-state index is 13.0. The fourth-order valence-corrected chi connectivity index (χ4v) is 4.23. The van der Waals surface area contributed by atoms with Gasteiger partial charge in [0, 0.05) is 12.6 Å². The lowest BCUT2D eigenvalue weighted by atomic mass is 9.93. The van der Waals surface area contributed by atoms with E-state index in [2.05, 4.69) is 12.2 Å². The van der Waals surface area contributed by atoms with Crippen molar-refractivity contribution in [2.24, 2.45) is 0 Å². The summed E-state index contributed by atoms with van der Waals surface area (Å²) in [5, 5.41) is 2.80. The van der Waals surface area contributed by atoms with Crippen molar-refractivity contribution in [1.29, 1.82) is 0 Å². The van der Waals surface area contributed by atoms with Gasteiger partial charge in [0.1, 0.15) is 17.8 Å². The monoisotopic (exact) mass is 401 g/mol. The molecule has 2 atom stereocenters. The van der Waals surface area contributed by atoms with E-state index in [1.165, 1.54) is 0 Å². The summed E-state index contributed by atoms with van der Waals surface area (Å²) in [7, 11) is 1.62. The third-order valence-corrected chi connectivity index (χ3v) is 6.13. The number of hydrogen-bond acceptors (Lipinski definition) is 4.